The van der Waals surface area contributed by atoms with Gasteiger partial charge in [-0.3, -0.25) is 0 Å². The van der Waals surface area contributed by atoms with Gasteiger partial charge < -0.3 is 13.9 Å². The minimum Gasteiger partial charge on any atom is -0.458 e. The Bertz CT molecular complexity index is 650. The standard InChI is InChI=1S/C17H19NO4/c1-11-8-9-14(21-11)10-20-17(19)15-16(22-12(2)18-15)13-6-4-3-5-7-13/h3-7,11,14H,8-10H2,1-2H3/t11-,14-/m0/s1. The predicted octanol–water partition coefficient (Wildman–Crippen LogP) is 3.37. The molecule has 0 amide bonds. The molecular weight excluding hydrogens is 282 g/mol. The Kier molecular flexibility index (Phi) is 4.24. The van der Waals surface area contributed by atoms with Crippen LogP contribution in [0.5, 0.6) is 0 Å². The van der Waals surface area contributed by atoms with Gasteiger partial charge in [0.1, 0.15) is 6.61 Å². The Hall–Kier alpha value is -2.14. The first kappa shape index (κ1) is 14.8. The molecule has 0 spiro atoms. The largest absolute Gasteiger partial charge is 0.458 e. The van der Waals surface area contributed by atoms with E-state index in [0.29, 0.717) is 11.7 Å². The van der Waals surface area contributed by atoms with Crippen LogP contribution >= 0.6 is 0 Å². The van der Waals surface area contributed by atoms with Crippen molar-refractivity contribution in [2.75, 3.05) is 6.61 Å². The minimum absolute atomic E-state index is 0.0212. The number of aromatic nitrogens is 1. The van der Waals surface area contributed by atoms with Crippen LogP contribution in [0.15, 0.2) is 34.7 Å². The number of carbonyl (C=O) groups is 1. The third-order valence-electron chi connectivity index (χ3n) is 3.68. The molecule has 0 unspecified atom stereocenters. The van der Waals surface area contributed by atoms with Crippen LogP contribution in [0.4, 0.5) is 0 Å². The van der Waals surface area contributed by atoms with Crippen molar-refractivity contribution in [3.05, 3.63) is 41.9 Å². The molecule has 0 aliphatic carbocycles. The fraction of sp³-hybridized carbons (Fsp3) is 0.412. The maximum Gasteiger partial charge on any atom is 0.361 e. The molecule has 1 saturated heterocycles. The summed E-state index contributed by atoms with van der Waals surface area (Å²) in [6, 6.07) is 9.42. The average molecular weight is 301 g/mol. The van der Waals surface area contributed by atoms with Crippen LogP contribution in [0.2, 0.25) is 0 Å². The summed E-state index contributed by atoms with van der Waals surface area (Å²) in [5.74, 6) is 0.416. The van der Waals surface area contributed by atoms with Gasteiger partial charge in [-0.1, -0.05) is 30.3 Å². The van der Waals surface area contributed by atoms with Crippen LogP contribution in [-0.2, 0) is 9.47 Å². The zero-order valence-corrected chi connectivity index (χ0v) is 12.7. The smallest absolute Gasteiger partial charge is 0.361 e. The number of hydrogen-bond donors (Lipinski definition) is 0. The summed E-state index contributed by atoms with van der Waals surface area (Å²) in [4.78, 5) is 16.5. The van der Waals surface area contributed by atoms with E-state index in [4.69, 9.17) is 13.9 Å². The second-order valence-electron chi connectivity index (χ2n) is 5.52. The van der Waals surface area contributed by atoms with E-state index in [1.807, 2.05) is 37.3 Å². The molecule has 0 saturated carbocycles. The van der Waals surface area contributed by atoms with Gasteiger partial charge in [-0.2, -0.15) is 0 Å². The number of carbonyl (C=O) groups excluding carboxylic acids is 1. The van der Waals surface area contributed by atoms with E-state index in [1.54, 1.807) is 6.92 Å². The summed E-state index contributed by atoms with van der Waals surface area (Å²) in [5.41, 5.74) is 1.02. The molecule has 5 nitrogen and oxygen atoms in total. The zero-order chi connectivity index (χ0) is 15.5. The van der Waals surface area contributed by atoms with Crippen molar-refractivity contribution in [2.24, 2.45) is 0 Å². The lowest BCUT2D eigenvalue weighted by Crippen LogP contribution is -2.19. The van der Waals surface area contributed by atoms with E-state index in [-0.39, 0.29) is 24.5 Å². The van der Waals surface area contributed by atoms with E-state index in [2.05, 4.69) is 4.98 Å². The number of ether oxygens (including phenoxy) is 2. The van der Waals surface area contributed by atoms with Crippen molar-refractivity contribution in [1.29, 1.82) is 0 Å². The molecule has 116 valence electrons. The molecule has 1 fully saturated rings. The molecule has 0 N–H and O–H groups in total. The summed E-state index contributed by atoms with van der Waals surface area (Å²) in [6.07, 6.45) is 2.13. The summed E-state index contributed by atoms with van der Waals surface area (Å²) in [5, 5.41) is 0. The van der Waals surface area contributed by atoms with Crippen LogP contribution in [0.3, 0.4) is 0 Å². The molecule has 2 heterocycles. The van der Waals surface area contributed by atoms with Crippen LogP contribution in [0, 0.1) is 6.92 Å². The SMILES string of the molecule is Cc1nc(C(=O)OC[C@@H]2CC[C@H](C)O2)c(-c2ccccc2)o1. The number of hydrogen-bond acceptors (Lipinski definition) is 5. The summed E-state index contributed by atoms with van der Waals surface area (Å²) in [7, 11) is 0. The lowest BCUT2D eigenvalue weighted by Gasteiger charge is -2.11. The van der Waals surface area contributed by atoms with Crippen molar-refractivity contribution >= 4 is 5.97 Å². The molecule has 22 heavy (non-hydrogen) atoms. The predicted molar refractivity (Wildman–Crippen MR) is 80.5 cm³/mol. The molecule has 1 aromatic heterocycles. The highest BCUT2D eigenvalue weighted by Gasteiger charge is 2.26. The maximum atomic E-state index is 12.3. The third-order valence-corrected chi connectivity index (χ3v) is 3.68. The van der Waals surface area contributed by atoms with Gasteiger partial charge in [-0.15, -0.1) is 0 Å². The van der Waals surface area contributed by atoms with Crippen molar-refractivity contribution in [1.82, 2.24) is 4.98 Å². The Labute approximate surface area is 129 Å². The highest BCUT2D eigenvalue weighted by molar-refractivity contribution is 5.93. The molecule has 2 atom stereocenters. The molecule has 0 bridgehead atoms. The topological polar surface area (TPSA) is 61.6 Å². The Balaban J connectivity index is 1.73. The number of aryl methyl sites for hydroxylation is 1. The molecule has 1 aliphatic heterocycles. The van der Waals surface area contributed by atoms with Crippen molar-refractivity contribution in [3.63, 3.8) is 0 Å². The van der Waals surface area contributed by atoms with E-state index in [1.165, 1.54) is 0 Å². The summed E-state index contributed by atoms with van der Waals surface area (Å²) >= 11 is 0. The first-order chi connectivity index (χ1) is 10.6. The summed E-state index contributed by atoms with van der Waals surface area (Å²) in [6.45, 7) is 3.99. The molecule has 1 aromatic carbocycles. The number of nitrogens with zero attached hydrogens (tertiary/aromatic N) is 1. The first-order valence-electron chi connectivity index (χ1n) is 7.49. The van der Waals surface area contributed by atoms with Crippen molar-refractivity contribution in [2.45, 2.75) is 38.9 Å². The number of benzene rings is 1. The van der Waals surface area contributed by atoms with Gasteiger partial charge in [0.2, 0.25) is 0 Å². The number of oxazole rings is 1. The van der Waals surface area contributed by atoms with Gasteiger partial charge in [0.05, 0.1) is 12.2 Å². The highest BCUT2D eigenvalue weighted by Crippen LogP contribution is 2.26. The molecule has 2 aromatic rings. The Morgan fingerprint density at radius 3 is 2.77 bits per heavy atom. The van der Waals surface area contributed by atoms with E-state index >= 15 is 0 Å². The minimum atomic E-state index is -0.473. The van der Waals surface area contributed by atoms with Crippen LogP contribution in [0.1, 0.15) is 36.1 Å². The maximum absolute atomic E-state index is 12.3. The molecule has 5 heteroatoms. The second-order valence-corrected chi connectivity index (χ2v) is 5.52. The van der Waals surface area contributed by atoms with Crippen molar-refractivity contribution < 1.29 is 18.7 Å². The second kappa shape index (κ2) is 6.32. The Morgan fingerprint density at radius 2 is 2.09 bits per heavy atom. The molecule has 0 radical (unpaired) electrons. The average Bonchev–Trinajstić information content (AvgIpc) is 3.11. The molecule has 1 aliphatic rings. The quantitative estimate of drug-likeness (QED) is 0.810. The Morgan fingerprint density at radius 1 is 1.32 bits per heavy atom. The van der Waals surface area contributed by atoms with E-state index < -0.39 is 5.97 Å². The fourth-order valence-electron chi connectivity index (χ4n) is 2.60. The van der Waals surface area contributed by atoms with Crippen LogP contribution in [-0.4, -0.2) is 29.8 Å². The van der Waals surface area contributed by atoms with E-state index in [9.17, 15) is 4.79 Å². The lowest BCUT2D eigenvalue weighted by atomic mass is 10.1. The van der Waals surface area contributed by atoms with Gasteiger partial charge in [0, 0.05) is 12.5 Å². The third kappa shape index (κ3) is 3.20. The van der Waals surface area contributed by atoms with Gasteiger partial charge in [0.15, 0.2) is 17.3 Å². The molecular formula is C17H19NO4. The van der Waals surface area contributed by atoms with Crippen LogP contribution < -0.4 is 0 Å². The molecule has 3 rings (SSSR count). The monoisotopic (exact) mass is 301 g/mol. The number of rotatable bonds is 4. The van der Waals surface area contributed by atoms with Gasteiger partial charge in [-0.05, 0) is 19.8 Å². The van der Waals surface area contributed by atoms with Crippen molar-refractivity contribution in [3.8, 4) is 11.3 Å². The number of esters is 1. The fourth-order valence-corrected chi connectivity index (χ4v) is 2.60. The van der Waals surface area contributed by atoms with Gasteiger partial charge >= 0.3 is 5.97 Å². The highest BCUT2D eigenvalue weighted by atomic mass is 16.6. The van der Waals surface area contributed by atoms with Gasteiger partial charge in [-0.25, -0.2) is 9.78 Å². The van der Waals surface area contributed by atoms with Crippen LogP contribution in [0.25, 0.3) is 11.3 Å². The van der Waals surface area contributed by atoms with E-state index in [0.717, 1.165) is 18.4 Å². The zero-order valence-electron chi connectivity index (χ0n) is 12.7. The van der Waals surface area contributed by atoms with Gasteiger partial charge in [0.25, 0.3) is 0 Å². The summed E-state index contributed by atoms with van der Waals surface area (Å²) < 4.78 is 16.6. The normalized spacial score (nSPS) is 21.0. The first-order valence-corrected chi connectivity index (χ1v) is 7.49. The lowest BCUT2D eigenvalue weighted by molar-refractivity contribution is -0.00294.